The SMILES string of the molecule is C=CCCCOC(=O)[C@@H]1[C@H]2C(=O)N([C@H](CO)c3ccccc3)C(C(=O)N(CC=C)CCCC)C23CC[C@H]1S3. The van der Waals surface area contributed by atoms with Crippen LogP contribution in [-0.4, -0.2) is 75.0 Å². The first-order valence-electron chi connectivity index (χ1n) is 13.8. The van der Waals surface area contributed by atoms with Crippen molar-refractivity contribution in [3.8, 4) is 0 Å². The van der Waals surface area contributed by atoms with Crippen LogP contribution < -0.4 is 0 Å². The lowest BCUT2D eigenvalue weighted by molar-refractivity contribution is -0.154. The van der Waals surface area contributed by atoms with Crippen molar-refractivity contribution in [2.75, 3.05) is 26.3 Å². The van der Waals surface area contributed by atoms with Gasteiger partial charge in [0, 0.05) is 18.3 Å². The topological polar surface area (TPSA) is 87.1 Å². The first-order chi connectivity index (χ1) is 18.4. The van der Waals surface area contributed by atoms with Gasteiger partial charge in [0.1, 0.15) is 6.04 Å². The molecule has 4 rings (SSSR count). The molecule has 2 bridgehead atoms. The summed E-state index contributed by atoms with van der Waals surface area (Å²) in [6, 6.07) is 7.90. The summed E-state index contributed by atoms with van der Waals surface area (Å²) in [4.78, 5) is 45.4. The number of carbonyl (C=O) groups excluding carboxylic acids is 3. The van der Waals surface area contributed by atoms with Gasteiger partial charge in [-0.25, -0.2) is 0 Å². The average Bonchev–Trinajstić information content (AvgIpc) is 3.57. The van der Waals surface area contributed by atoms with Gasteiger partial charge in [-0.05, 0) is 37.7 Å². The van der Waals surface area contributed by atoms with Gasteiger partial charge < -0.3 is 19.6 Å². The molecule has 206 valence electrons. The Hall–Kier alpha value is -2.58. The van der Waals surface area contributed by atoms with Gasteiger partial charge in [-0.15, -0.1) is 24.9 Å². The number of hydrogen-bond donors (Lipinski definition) is 1. The number of ether oxygens (including phenoxy) is 1. The number of rotatable bonds is 14. The van der Waals surface area contributed by atoms with E-state index in [1.807, 2.05) is 30.3 Å². The molecule has 3 aliphatic heterocycles. The van der Waals surface area contributed by atoms with Crippen LogP contribution in [0.2, 0.25) is 0 Å². The molecular weight excluding hydrogens is 500 g/mol. The smallest absolute Gasteiger partial charge is 0.310 e. The van der Waals surface area contributed by atoms with Crippen LogP contribution in [0.4, 0.5) is 0 Å². The predicted octanol–water partition coefficient (Wildman–Crippen LogP) is 4.14. The number of aliphatic hydroxyl groups excluding tert-OH is 1. The molecule has 1 aromatic carbocycles. The lowest BCUT2D eigenvalue weighted by atomic mass is 9.71. The number of unbranched alkanes of at least 4 members (excludes halogenated alkanes) is 2. The highest BCUT2D eigenvalue weighted by molar-refractivity contribution is 8.02. The number of esters is 1. The molecule has 0 aliphatic carbocycles. The summed E-state index contributed by atoms with van der Waals surface area (Å²) in [5.41, 5.74) is 0.768. The van der Waals surface area contributed by atoms with E-state index in [2.05, 4.69) is 20.1 Å². The average molecular weight is 541 g/mol. The van der Waals surface area contributed by atoms with Gasteiger partial charge in [0.2, 0.25) is 11.8 Å². The van der Waals surface area contributed by atoms with Crippen LogP contribution in [0.1, 0.15) is 57.1 Å². The standard InChI is InChI=1S/C30H40N2O5S/c1-4-7-12-19-37-29(36)24-23-15-16-30(38-23)25(24)27(34)32(22(20-33)21-13-10-9-11-14-21)26(30)28(35)31(17-6-3)18-8-5-2/h4,6,9-11,13-14,22-26,33H,1,3,5,7-8,12,15-20H2,2H3/t22-,23-,24+,25+,26?,30?/m1/s1. The second kappa shape index (κ2) is 12.5. The van der Waals surface area contributed by atoms with E-state index in [1.165, 1.54) is 0 Å². The molecule has 0 aromatic heterocycles. The van der Waals surface area contributed by atoms with E-state index in [4.69, 9.17) is 4.74 Å². The lowest BCUT2D eigenvalue weighted by Gasteiger charge is -2.39. The van der Waals surface area contributed by atoms with Crippen molar-refractivity contribution in [1.82, 2.24) is 9.80 Å². The van der Waals surface area contributed by atoms with Crippen molar-refractivity contribution in [2.45, 2.75) is 67.5 Å². The number of nitrogens with zero attached hydrogens (tertiary/aromatic N) is 2. The number of aliphatic hydroxyl groups is 1. The van der Waals surface area contributed by atoms with E-state index in [0.29, 0.717) is 25.9 Å². The maximum absolute atomic E-state index is 14.4. The number of likely N-dealkylation sites (tertiary alicyclic amines) is 1. The Morgan fingerprint density at radius 2 is 2.03 bits per heavy atom. The van der Waals surface area contributed by atoms with Crippen molar-refractivity contribution in [1.29, 1.82) is 0 Å². The Morgan fingerprint density at radius 3 is 2.68 bits per heavy atom. The molecule has 8 heteroatoms. The van der Waals surface area contributed by atoms with Gasteiger partial charge in [0.15, 0.2) is 0 Å². The molecule has 3 fully saturated rings. The Bertz CT molecular complexity index is 1030. The van der Waals surface area contributed by atoms with Crippen LogP contribution >= 0.6 is 11.8 Å². The predicted molar refractivity (Wildman–Crippen MR) is 149 cm³/mol. The normalized spacial score (nSPS) is 28.2. The van der Waals surface area contributed by atoms with Gasteiger partial charge in [-0.3, -0.25) is 14.4 Å². The van der Waals surface area contributed by atoms with Gasteiger partial charge in [0.25, 0.3) is 0 Å². The molecule has 6 atom stereocenters. The van der Waals surface area contributed by atoms with Crippen LogP contribution in [0, 0.1) is 11.8 Å². The second-order valence-electron chi connectivity index (χ2n) is 10.4. The molecular formula is C30H40N2O5S. The molecule has 0 radical (unpaired) electrons. The molecule has 7 nitrogen and oxygen atoms in total. The Morgan fingerprint density at radius 1 is 1.26 bits per heavy atom. The highest BCUT2D eigenvalue weighted by Gasteiger charge is 2.74. The van der Waals surface area contributed by atoms with Gasteiger partial charge in [0.05, 0.1) is 35.8 Å². The van der Waals surface area contributed by atoms with E-state index >= 15 is 0 Å². The summed E-state index contributed by atoms with van der Waals surface area (Å²) in [5.74, 6) is -1.96. The Balaban J connectivity index is 1.74. The number of hydrogen-bond acceptors (Lipinski definition) is 6. The molecule has 0 saturated carbocycles. The highest BCUT2D eigenvalue weighted by atomic mass is 32.2. The first kappa shape index (κ1) is 28.4. The maximum atomic E-state index is 14.4. The summed E-state index contributed by atoms with van der Waals surface area (Å²) in [5, 5.41) is 10.5. The van der Waals surface area contributed by atoms with Crippen molar-refractivity contribution < 1.29 is 24.2 Å². The molecule has 3 saturated heterocycles. The number of allylic oxidation sites excluding steroid dienone is 1. The minimum Gasteiger partial charge on any atom is -0.465 e. The molecule has 1 aromatic rings. The summed E-state index contributed by atoms with van der Waals surface area (Å²) < 4.78 is 4.92. The van der Waals surface area contributed by atoms with Crippen molar-refractivity contribution in [3.05, 3.63) is 61.2 Å². The Kier molecular flexibility index (Phi) is 9.36. The molecule has 3 heterocycles. The third-order valence-electron chi connectivity index (χ3n) is 8.18. The Labute approximate surface area is 230 Å². The third-order valence-corrected chi connectivity index (χ3v) is 10.1. The number of carbonyl (C=O) groups is 3. The van der Waals surface area contributed by atoms with Crippen LogP contribution in [0.15, 0.2) is 55.6 Å². The van der Waals surface area contributed by atoms with E-state index in [0.717, 1.165) is 31.2 Å². The van der Waals surface area contributed by atoms with Crippen LogP contribution in [-0.2, 0) is 19.1 Å². The zero-order valence-corrected chi connectivity index (χ0v) is 23.1. The molecule has 1 spiro atoms. The number of thioether (sulfide) groups is 1. The van der Waals surface area contributed by atoms with Crippen molar-refractivity contribution in [2.24, 2.45) is 11.8 Å². The third kappa shape index (κ3) is 5.05. The van der Waals surface area contributed by atoms with E-state index in [-0.39, 0.29) is 36.2 Å². The van der Waals surface area contributed by atoms with Gasteiger partial charge in [-0.1, -0.05) is 55.8 Å². The van der Waals surface area contributed by atoms with E-state index in [1.54, 1.807) is 33.7 Å². The number of benzene rings is 1. The molecule has 38 heavy (non-hydrogen) atoms. The molecule has 2 amide bonds. The highest BCUT2D eigenvalue weighted by Crippen LogP contribution is 2.67. The fraction of sp³-hybridized carbons (Fsp3) is 0.567. The second-order valence-corrected chi connectivity index (χ2v) is 12.0. The van der Waals surface area contributed by atoms with Crippen molar-refractivity contribution in [3.63, 3.8) is 0 Å². The van der Waals surface area contributed by atoms with Crippen LogP contribution in [0.25, 0.3) is 0 Å². The fourth-order valence-corrected chi connectivity index (χ4v) is 8.66. The zero-order valence-electron chi connectivity index (χ0n) is 22.3. The zero-order chi connectivity index (χ0) is 27.3. The molecule has 1 N–H and O–H groups in total. The summed E-state index contributed by atoms with van der Waals surface area (Å²) in [6.45, 7) is 10.6. The lowest BCUT2D eigenvalue weighted by Crippen LogP contribution is -2.55. The number of fused-ring (bicyclic) bond motifs is 1. The minimum atomic E-state index is -0.775. The van der Waals surface area contributed by atoms with Crippen molar-refractivity contribution >= 4 is 29.5 Å². The van der Waals surface area contributed by atoms with E-state index < -0.39 is 28.7 Å². The maximum Gasteiger partial charge on any atom is 0.310 e. The van der Waals surface area contributed by atoms with E-state index in [9.17, 15) is 19.5 Å². The van der Waals surface area contributed by atoms with Gasteiger partial charge >= 0.3 is 5.97 Å². The monoisotopic (exact) mass is 540 g/mol. The number of amides is 2. The minimum absolute atomic E-state index is 0.0545. The summed E-state index contributed by atoms with van der Waals surface area (Å²) in [7, 11) is 0. The largest absolute Gasteiger partial charge is 0.465 e. The summed E-state index contributed by atoms with van der Waals surface area (Å²) in [6.07, 6.45) is 8.14. The first-order valence-corrected chi connectivity index (χ1v) is 14.7. The van der Waals surface area contributed by atoms with Crippen LogP contribution in [0.3, 0.4) is 0 Å². The molecule has 2 unspecified atom stereocenters. The fourth-order valence-electron chi connectivity index (χ4n) is 6.47. The summed E-state index contributed by atoms with van der Waals surface area (Å²) >= 11 is 1.62. The quantitative estimate of drug-likeness (QED) is 0.217. The molecule has 3 aliphatic rings. The van der Waals surface area contributed by atoms with Gasteiger partial charge in [-0.2, -0.15) is 0 Å². The van der Waals surface area contributed by atoms with Crippen LogP contribution in [0.5, 0.6) is 0 Å².